The van der Waals surface area contributed by atoms with Crippen LogP contribution in [0.5, 0.6) is 0 Å². The normalized spacial score (nSPS) is 11.8. The van der Waals surface area contributed by atoms with Gasteiger partial charge in [-0.05, 0) is 32.6 Å². The third-order valence-electron chi connectivity index (χ3n) is 2.42. The fourth-order valence-electron chi connectivity index (χ4n) is 1.18. The molecular weight excluding hydrogens is 202 g/mol. The lowest BCUT2D eigenvalue weighted by Gasteiger charge is -2.18. The van der Waals surface area contributed by atoms with Crippen molar-refractivity contribution in [3.63, 3.8) is 0 Å². The van der Waals surface area contributed by atoms with Crippen molar-refractivity contribution in [1.82, 2.24) is 9.80 Å². The highest BCUT2D eigenvalue weighted by Crippen LogP contribution is 1.92. The number of hydrogen-bond acceptors (Lipinski definition) is 3. The van der Waals surface area contributed by atoms with E-state index < -0.39 is 0 Å². The van der Waals surface area contributed by atoms with Crippen molar-refractivity contribution in [2.75, 3.05) is 40.8 Å². The highest BCUT2D eigenvalue weighted by molar-refractivity contribution is 5.91. The molecule has 0 aromatic heterocycles. The van der Waals surface area contributed by atoms with Crippen molar-refractivity contribution < 1.29 is 4.79 Å². The molecule has 4 heteroatoms. The zero-order chi connectivity index (χ0) is 12.4. The number of rotatable bonds is 7. The molecule has 0 unspecified atom stereocenters. The fraction of sp³-hybridized carbons (Fsp3) is 0.667. The molecule has 0 spiro atoms. The molecule has 0 aliphatic rings. The van der Waals surface area contributed by atoms with E-state index in [4.69, 9.17) is 0 Å². The van der Waals surface area contributed by atoms with E-state index in [2.05, 4.69) is 23.9 Å². The molecule has 0 atom stereocenters. The summed E-state index contributed by atoms with van der Waals surface area (Å²) >= 11 is 0. The molecule has 0 aromatic rings. The average molecular weight is 225 g/mol. The summed E-state index contributed by atoms with van der Waals surface area (Å²) in [7, 11) is 5.58. The molecule has 0 fully saturated rings. The van der Waals surface area contributed by atoms with E-state index in [9.17, 15) is 4.79 Å². The Morgan fingerprint density at radius 3 is 2.56 bits per heavy atom. The van der Waals surface area contributed by atoms with E-state index in [1.165, 1.54) is 6.08 Å². The minimum absolute atomic E-state index is 0.0269. The number of amides is 1. The second-order valence-electron chi connectivity index (χ2n) is 3.78. The summed E-state index contributed by atoms with van der Waals surface area (Å²) in [5.41, 5.74) is 0. The molecule has 0 saturated carbocycles. The number of aliphatic imine (C=N–C) groups is 1. The second-order valence-corrected chi connectivity index (χ2v) is 3.78. The van der Waals surface area contributed by atoms with Gasteiger partial charge in [0.1, 0.15) is 0 Å². The van der Waals surface area contributed by atoms with Gasteiger partial charge in [-0.15, -0.1) is 0 Å². The summed E-state index contributed by atoms with van der Waals surface area (Å²) in [6.45, 7) is 4.98. The standard InChI is InChI=1S/C12H23N3O/c1-5-14(3)10-7-11-15(4)12(16)8-6-9-13-2/h6,8-9H,5,7,10-11H2,1-4H3/b8-6+,13-9?. The van der Waals surface area contributed by atoms with Crippen molar-refractivity contribution in [2.24, 2.45) is 4.99 Å². The van der Waals surface area contributed by atoms with Gasteiger partial charge < -0.3 is 9.80 Å². The molecule has 0 bridgehead atoms. The summed E-state index contributed by atoms with van der Waals surface area (Å²) in [4.78, 5) is 19.3. The molecule has 0 saturated heterocycles. The molecule has 0 rings (SSSR count). The van der Waals surface area contributed by atoms with Crippen LogP contribution in [0, 0.1) is 0 Å². The molecule has 1 amide bonds. The molecule has 0 N–H and O–H groups in total. The zero-order valence-corrected chi connectivity index (χ0v) is 10.8. The Bertz CT molecular complexity index is 249. The van der Waals surface area contributed by atoms with Crippen LogP contribution in [-0.4, -0.2) is 62.7 Å². The predicted octanol–water partition coefficient (Wildman–Crippen LogP) is 1.04. The summed E-state index contributed by atoms with van der Waals surface area (Å²) in [6, 6.07) is 0. The minimum Gasteiger partial charge on any atom is -0.342 e. The van der Waals surface area contributed by atoms with Crippen LogP contribution in [0.3, 0.4) is 0 Å². The van der Waals surface area contributed by atoms with Crippen molar-refractivity contribution >= 4 is 12.1 Å². The average Bonchev–Trinajstić information content (AvgIpc) is 2.28. The van der Waals surface area contributed by atoms with E-state index in [1.807, 2.05) is 7.05 Å². The molecule has 92 valence electrons. The van der Waals surface area contributed by atoms with Crippen molar-refractivity contribution in [2.45, 2.75) is 13.3 Å². The monoisotopic (exact) mass is 225 g/mol. The molecule has 16 heavy (non-hydrogen) atoms. The van der Waals surface area contributed by atoms with Gasteiger partial charge in [0.25, 0.3) is 0 Å². The summed E-state index contributed by atoms with van der Waals surface area (Å²) in [5, 5.41) is 0. The van der Waals surface area contributed by atoms with E-state index in [-0.39, 0.29) is 5.91 Å². The predicted molar refractivity (Wildman–Crippen MR) is 69.0 cm³/mol. The maximum Gasteiger partial charge on any atom is 0.246 e. The second kappa shape index (κ2) is 9.09. The maximum atomic E-state index is 11.5. The third kappa shape index (κ3) is 7.17. The summed E-state index contributed by atoms with van der Waals surface area (Å²) in [6.07, 6.45) is 5.81. The largest absolute Gasteiger partial charge is 0.342 e. The Hall–Kier alpha value is -1.16. The first kappa shape index (κ1) is 14.8. The Labute approximate surface area is 98.6 Å². The lowest BCUT2D eigenvalue weighted by atomic mass is 10.3. The third-order valence-corrected chi connectivity index (χ3v) is 2.42. The van der Waals surface area contributed by atoms with Gasteiger partial charge in [-0.1, -0.05) is 6.92 Å². The lowest BCUT2D eigenvalue weighted by molar-refractivity contribution is -0.124. The van der Waals surface area contributed by atoms with Crippen LogP contribution < -0.4 is 0 Å². The number of allylic oxidation sites excluding steroid dienone is 1. The van der Waals surface area contributed by atoms with Crippen molar-refractivity contribution in [1.29, 1.82) is 0 Å². The molecule has 0 radical (unpaired) electrons. The first-order valence-corrected chi connectivity index (χ1v) is 5.64. The Kier molecular flexibility index (Phi) is 8.43. The van der Waals surface area contributed by atoms with E-state index >= 15 is 0 Å². The topological polar surface area (TPSA) is 35.9 Å². The smallest absolute Gasteiger partial charge is 0.246 e. The molecule has 0 aliphatic carbocycles. The van der Waals surface area contributed by atoms with Gasteiger partial charge in [-0.25, -0.2) is 0 Å². The van der Waals surface area contributed by atoms with Crippen LogP contribution in [0.4, 0.5) is 0 Å². The van der Waals surface area contributed by atoms with Crippen molar-refractivity contribution in [3.05, 3.63) is 12.2 Å². The molecule has 0 aromatic carbocycles. The highest BCUT2D eigenvalue weighted by atomic mass is 16.2. The first-order chi connectivity index (χ1) is 7.61. The number of likely N-dealkylation sites (N-methyl/N-ethyl adjacent to an activating group) is 1. The Morgan fingerprint density at radius 2 is 2.00 bits per heavy atom. The first-order valence-electron chi connectivity index (χ1n) is 5.64. The number of hydrogen-bond donors (Lipinski definition) is 0. The van der Waals surface area contributed by atoms with Crippen LogP contribution >= 0.6 is 0 Å². The van der Waals surface area contributed by atoms with Gasteiger partial charge in [0.15, 0.2) is 0 Å². The number of carbonyl (C=O) groups excluding carboxylic acids is 1. The van der Waals surface area contributed by atoms with Crippen LogP contribution in [0.15, 0.2) is 17.1 Å². The fourth-order valence-corrected chi connectivity index (χ4v) is 1.18. The molecule has 4 nitrogen and oxygen atoms in total. The van der Waals surface area contributed by atoms with Crippen LogP contribution in [0.2, 0.25) is 0 Å². The molecule has 0 heterocycles. The van der Waals surface area contributed by atoms with Gasteiger partial charge in [0.2, 0.25) is 5.91 Å². The van der Waals surface area contributed by atoms with Gasteiger partial charge in [-0.3, -0.25) is 9.79 Å². The van der Waals surface area contributed by atoms with Gasteiger partial charge >= 0.3 is 0 Å². The van der Waals surface area contributed by atoms with E-state index in [1.54, 1.807) is 24.2 Å². The van der Waals surface area contributed by atoms with Crippen LogP contribution in [0.25, 0.3) is 0 Å². The van der Waals surface area contributed by atoms with Crippen molar-refractivity contribution in [3.8, 4) is 0 Å². The summed E-state index contributed by atoms with van der Waals surface area (Å²) in [5.74, 6) is 0.0269. The van der Waals surface area contributed by atoms with Crippen LogP contribution in [-0.2, 0) is 4.79 Å². The number of carbonyl (C=O) groups is 1. The summed E-state index contributed by atoms with van der Waals surface area (Å²) < 4.78 is 0. The zero-order valence-electron chi connectivity index (χ0n) is 10.8. The number of nitrogens with zero attached hydrogens (tertiary/aromatic N) is 3. The van der Waals surface area contributed by atoms with Gasteiger partial charge in [0, 0.05) is 32.9 Å². The minimum atomic E-state index is 0.0269. The van der Waals surface area contributed by atoms with Gasteiger partial charge in [-0.2, -0.15) is 0 Å². The highest BCUT2D eigenvalue weighted by Gasteiger charge is 2.04. The van der Waals surface area contributed by atoms with E-state index in [0.29, 0.717) is 0 Å². The van der Waals surface area contributed by atoms with E-state index in [0.717, 1.165) is 26.1 Å². The molecular formula is C12H23N3O. The quantitative estimate of drug-likeness (QED) is 0.479. The Balaban J connectivity index is 3.79. The lowest BCUT2D eigenvalue weighted by Crippen LogP contribution is -2.29. The van der Waals surface area contributed by atoms with Crippen LogP contribution in [0.1, 0.15) is 13.3 Å². The Morgan fingerprint density at radius 1 is 1.31 bits per heavy atom. The molecule has 0 aliphatic heterocycles. The maximum absolute atomic E-state index is 11.5. The SMILES string of the molecule is CCN(C)CCCN(C)C(=O)/C=C/C=NC. The van der Waals surface area contributed by atoms with Gasteiger partial charge in [0.05, 0.1) is 0 Å².